The van der Waals surface area contributed by atoms with Gasteiger partial charge in [-0.2, -0.15) is 0 Å². The SMILES string of the molecule is O=C(COc1ccc(NC(=O)C2(c3ccc(Cl)cc3)CCCC2)cc1)N1CCOCC1. The van der Waals surface area contributed by atoms with E-state index in [1.807, 2.05) is 24.3 Å². The number of amides is 2. The molecular weight excluding hydrogens is 416 g/mol. The van der Waals surface area contributed by atoms with Gasteiger partial charge in [-0.25, -0.2) is 0 Å². The number of rotatable bonds is 6. The smallest absolute Gasteiger partial charge is 0.260 e. The minimum Gasteiger partial charge on any atom is -0.484 e. The van der Waals surface area contributed by atoms with E-state index in [1.54, 1.807) is 29.2 Å². The minimum absolute atomic E-state index is 0.00323. The lowest BCUT2D eigenvalue weighted by Crippen LogP contribution is -2.42. The number of anilines is 1. The highest BCUT2D eigenvalue weighted by atomic mass is 35.5. The summed E-state index contributed by atoms with van der Waals surface area (Å²) in [6.07, 6.45) is 3.70. The van der Waals surface area contributed by atoms with Crippen molar-refractivity contribution >= 4 is 29.1 Å². The third kappa shape index (κ3) is 5.02. The van der Waals surface area contributed by atoms with E-state index < -0.39 is 5.41 Å². The first-order valence-electron chi connectivity index (χ1n) is 10.7. The van der Waals surface area contributed by atoms with Crippen molar-refractivity contribution in [2.45, 2.75) is 31.1 Å². The van der Waals surface area contributed by atoms with Crippen molar-refractivity contribution in [3.8, 4) is 5.75 Å². The summed E-state index contributed by atoms with van der Waals surface area (Å²) >= 11 is 6.04. The van der Waals surface area contributed by atoms with Crippen LogP contribution in [0.25, 0.3) is 0 Å². The number of benzene rings is 2. The summed E-state index contributed by atoms with van der Waals surface area (Å²) in [7, 11) is 0. The first kappa shape index (κ1) is 21.7. The van der Waals surface area contributed by atoms with Crippen molar-refractivity contribution < 1.29 is 19.1 Å². The Bertz CT molecular complexity index is 902. The molecule has 0 bridgehead atoms. The van der Waals surface area contributed by atoms with E-state index in [0.717, 1.165) is 31.2 Å². The van der Waals surface area contributed by atoms with Crippen LogP contribution in [0.2, 0.25) is 5.02 Å². The van der Waals surface area contributed by atoms with Gasteiger partial charge in [-0.15, -0.1) is 0 Å². The van der Waals surface area contributed by atoms with Crippen LogP contribution in [0.5, 0.6) is 5.75 Å². The van der Waals surface area contributed by atoms with Gasteiger partial charge in [-0.1, -0.05) is 36.6 Å². The van der Waals surface area contributed by atoms with Gasteiger partial charge in [0.25, 0.3) is 5.91 Å². The average molecular weight is 443 g/mol. The van der Waals surface area contributed by atoms with E-state index in [-0.39, 0.29) is 18.4 Å². The molecule has 0 radical (unpaired) electrons. The fourth-order valence-electron chi connectivity index (χ4n) is 4.33. The maximum Gasteiger partial charge on any atom is 0.260 e. The monoisotopic (exact) mass is 442 g/mol. The molecule has 7 heteroatoms. The van der Waals surface area contributed by atoms with Crippen molar-refractivity contribution in [2.75, 3.05) is 38.2 Å². The van der Waals surface area contributed by atoms with Crippen LogP contribution >= 0.6 is 11.6 Å². The summed E-state index contributed by atoms with van der Waals surface area (Å²) in [4.78, 5) is 27.2. The Labute approximate surface area is 187 Å². The highest BCUT2D eigenvalue weighted by Gasteiger charge is 2.42. The molecule has 2 aliphatic rings. The van der Waals surface area contributed by atoms with Crippen molar-refractivity contribution in [1.29, 1.82) is 0 Å². The van der Waals surface area contributed by atoms with Gasteiger partial charge in [-0.3, -0.25) is 9.59 Å². The number of carbonyl (C=O) groups is 2. The second-order valence-corrected chi connectivity index (χ2v) is 8.49. The molecule has 4 rings (SSSR count). The van der Waals surface area contributed by atoms with Crippen LogP contribution in [-0.2, 0) is 19.7 Å². The van der Waals surface area contributed by atoms with Gasteiger partial charge in [0.2, 0.25) is 5.91 Å². The molecule has 31 heavy (non-hydrogen) atoms. The molecule has 1 aliphatic carbocycles. The molecule has 2 fully saturated rings. The fraction of sp³-hybridized carbons (Fsp3) is 0.417. The highest BCUT2D eigenvalue weighted by Crippen LogP contribution is 2.42. The average Bonchev–Trinajstić information content (AvgIpc) is 3.31. The number of halogens is 1. The first-order valence-corrected chi connectivity index (χ1v) is 11.1. The number of ether oxygens (including phenoxy) is 2. The first-order chi connectivity index (χ1) is 15.1. The number of nitrogens with zero attached hydrogens (tertiary/aromatic N) is 1. The van der Waals surface area contributed by atoms with E-state index in [0.29, 0.717) is 42.8 Å². The normalized spacial score (nSPS) is 17.9. The van der Waals surface area contributed by atoms with Gasteiger partial charge in [0.15, 0.2) is 6.61 Å². The van der Waals surface area contributed by atoms with Gasteiger partial charge in [0.05, 0.1) is 18.6 Å². The summed E-state index contributed by atoms with van der Waals surface area (Å²) in [5, 5.41) is 3.73. The van der Waals surface area contributed by atoms with Gasteiger partial charge in [0.1, 0.15) is 5.75 Å². The summed E-state index contributed by atoms with van der Waals surface area (Å²) < 4.78 is 10.9. The molecule has 1 aliphatic heterocycles. The predicted molar refractivity (Wildman–Crippen MR) is 120 cm³/mol. The lowest BCUT2D eigenvalue weighted by Gasteiger charge is -2.28. The number of hydrogen-bond acceptors (Lipinski definition) is 4. The standard InChI is InChI=1S/C24H27ClN2O4/c25-19-5-3-18(4-6-19)24(11-1-2-12-24)23(29)26-20-7-9-21(10-8-20)31-17-22(28)27-13-15-30-16-14-27/h3-10H,1-2,11-17H2,(H,26,29). The molecule has 2 amide bonds. The van der Waals surface area contributed by atoms with Crippen molar-refractivity contribution in [3.05, 3.63) is 59.1 Å². The highest BCUT2D eigenvalue weighted by molar-refractivity contribution is 6.30. The molecule has 1 saturated heterocycles. The molecule has 1 N–H and O–H groups in total. The Kier molecular flexibility index (Phi) is 6.78. The summed E-state index contributed by atoms with van der Waals surface area (Å²) in [6, 6.07) is 14.7. The van der Waals surface area contributed by atoms with Crippen LogP contribution < -0.4 is 10.1 Å². The van der Waals surface area contributed by atoms with Gasteiger partial charge in [0, 0.05) is 23.8 Å². The molecule has 6 nitrogen and oxygen atoms in total. The third-order valence-electron chi connectivity index (χ3n) is 6.13. The Morgan fingerprint density at radius 2 is 1.65 bits per heavy atom. The molecule has 2 aromatic carbocycles. The van der Waals surface area contributed by atoms with Gasteiger partial charge in [-0.05, 0) is 54.8 Å². The van der Waals surface area contributed by atoms with Gasteiger partial charge >= 0.3 is 0 Å². The lowest BCUT2D eigenvalue weighted by atomic mass is 9.78. The fourth-order valence-corrected chi connectivity index (χ4v) is 4.45. The molecule has 0 atom stereocenters. The van der Waals surface area contributed by atoms with Crippen molar-refractivity contribution in [2.24, 2.45) is 0 Å². The van der Waals surface area contributed by atoms with Crippen LogP contribution in [0.15, 0.2) is 48.5 Å². The quantitative estimate of drug-likeness (QED) is 0.733. The van der Waals surface area contributed by atoms with Crippen LogP contribution in [0, 0.1) is 0 Å². The Hall–Kier alpha value is -2.57. The zero-order valence-electron chi connectivity index (χ0n) is 17.4. The van der Waals surface area contributed by atoms with E-state index in [1.165, 1.54) is 0 Å². The lowest BCUT2D eigenvalue weighted by molar-refractivity contribution is -0.137. The largest absolute Gasteiger partial charge is 0.484 e. The summed E-state index contributed by atoms with van der Waals surface area (Å²) in [6.45, 7) is 2.33. The van der Waals surface area contributed by atoms with Gasteiger partial charge < -0.3 is 19.7 Å². The van der Waals surface area contributed by atoms with Crippen LogP contribution in [0.4, 0.5) is 5.69 Å². The molecule has 2 aromatic rings. The second-order valence-electron chi connectivity index (χ2n) is 8.06. The molecule has 0 unspecified atom stereocenters. The van der Waals surface area contributed by atoms with Crippen LogP contribution in [0.3, 0.4) is 0 Å². The molecule has 0 aromatic heterocycles. The van der Waals surface area contributed by atoms with Crippen LogP contribution in [-0.4, -0.2) is 49.6 Å². The zero-order chi connectivity index (χ0) is 21.7. The van der Waals surface area contributed by atoms with E-state index in [2.05, 4.69) is 5.32 Å². The number of carbonyl (C=O) groups excluding carboxylic acids is 2. The third-order valence-corrected chi connectivity index (χ3v) is 6.38. The summed E-state index contributed by atoms with van der Waals surface area (Å²) in [5.74, 6) is 0.545. The minimum atomic E-state index is -0.523. The number of morpholine rings is 1. The maximum absolute atomic E-state index is 13.3. The molecule has 164 valence electrons. The molecule has 1 heterocycles. The molecule has 1 saturated carbocycles. The number of hydrogen-bond donors (Lipinski definition) is 1. The van der Waals surface area contributed by atoms with E-state index >= 15 is 0 Å². The van der Waals surface area contributed by atoms with Crippen LogP contribution in [0.1, 0.15) is 31.2 Å². The Morgan fingerprint density at radius 1 is 1.00 bits per heavy atom. The van der Waals surface area contributed by atoms with E-state index in [4.69, 9.17) is 21.1 Å². The summed E-state index contributed by atoms with van der Waals surface area (Å²) in [5.41, 5.74) is 1.19. The predicted octanol–water partition coefficient (Wildman–Crippen LogP) is 4.03. The number of nitrogens with one attached hydrogen (secondary N) is 1. The Morgan fingerprint density at radius 3 is 2.29 bits per heavy atom. The second kappa shape index (κ2) is 9.71. The topological polar surface area (TPSA) is 67.9 Å². The Balaban J connectivity index is 1.37. The zero-order valence-corrected chi connectivity index (χ0v) is 18.2. The van der Waals surface area contributed by atoms with Crippen molar-refractivity contribution in [1.82, 2.24) is 4.90 Å². The molecular formula is C24H27ClN2O4. The van der Waals surface area contributed by atoms with Crippen molar-refractivity contribution in [3.63, 3.8) is 0 Å². The molecule has 0 spiro atoms. The maximum atomic E-state index is 13.3. The van der Waals surface area contributed by atoms with E-state index in [9.17, 15) is 9.59 Å².